The second-order valence-electron chi connectivity index (χ2n) is 7.88. The summed E-state index contributed by atoms with van der Waals surface area (Å²) in [5.41, 5.74) is 0.589. The quantitative estimate of drug-likeness (QED) is 0.437. The van der Waals surface area contributed by atoms with Gasteiger partial charge in [0.15, 0.2) is 0 Å². The summed E-state index contributed by atoms with van der Waals surface area (Å²) < 4.78 is 0. The van der Waals surface area contributed by atoms with Crippen molar-refractivity contribution in [1.29, 1.82) is 0 Å². The van der Waals surface area contributed by atoms with Gasteiger partial charge in [-0.2, -0.15) is 0 Å². The summed E-state index contributed by atoms with van der Waals surface area (Å²) in [7, 11) is 0. The van der Waals surface area contributed by atoms with Gasteiger partial charge in [0.1, 0.15) is 0 Å². The molecule has 0 saturated heterocycles. The van der Waals surface area contributed by atoms with Crippen LogP contribution in [0.25, 0.3) is 0 Å². The van der Waals surface area contributed by atoms with E-state index in [1.54, 1.807) is 0 Å². The number of hydrogen-bond donors (Lipinski definition) is 0. The van der Waals surface area contributed by atoms with Gasteiger partial charge >= 0.3 is 0 Å². The molecule has 19 heavy (non-hydrogen) atoms. The van der Waals surface area contributed by atoms with E-state index in [2.05, 4.69) is 20.8 Å². The summed E-state index contributed by atoms with van der Waals surface area (Å²) in [6.45, 7) is 7.45. The first-order valence-electron chi connectivity index (χ1n) is 9.10. The van der Waals surface area contributed by atoms with Gasteiger partial charge in [0.05, 0.1) is 0 Å². The molecule has 0 amide bonds. The lowest BCUT2D eigenvalue weighted by Gasteiger charge is -2.26. The molecule has 1 aliphatic carbocycles. The van der Waals surface area contributed by atoms with Crippen molar-refractivity contribution >= 4 is 0 Å². The summed E-state index contributed by atoms with van der Waals surface area (Å²) in [5.74, 6) is 0.951. The third kappa shape index (κ3) is 9.52. The summed E-state index contributed by atoms with van der Waals surface area (Å²) in [6.07, 6.45) is 20.6. The summed E-state index contributed by atoms with van der Waals surface area (Å²) in [5, 5.41) is 0. The third-order valence-electron chi connectivity index (χ3n) is 5.11. The van der Waals surface area contributed by atoms with Gasteiger partial charge in [-0.05, 0) is 24.2 Å². The van der Waals surface area contributed by atoms with Crippen LogP contribution in [-0.4, -0.2) is 0 Å². The molecule has 114 valence electrons. The van der Waals surface area contributed by atoms with Crippen LogP contribution in [-0.2, 0) is 0 Å². The average molecular weight is 267 g/mol. The highest BCUT2D eigenvalue weighted by atomic mass is 14.2. The molecular weight excluding hydrogens is 228 g/mol. The van der Waals surface area contributed by atoms with Crippen molar-refractivity contribution in [3.05, 3.63) is 0 Å². The van der Waals surface area contributed by atoms with E-state index >= 15 is 0 Å². The molecule has 0 aromatic rings. The smallest absolute Gasteiger partial charge is 0.0354 e. The van der Waals surface area contributed by atoms with Crippen molar-refractivity contribution in [1.82, 2.24) is 0 Å². The van der Waals surface area contributed by atoms with E-state index in [4.69, 9.17) is 0 Å². The van der Waals surface area contributed by atoms with Crippen LogP contribution in [0.15, 0.2) is 0 Å². The molecule has 0 aromatic heterocycles. The molecule has 1 unspecified atom stereocenters. The van der Waals surface area contributed by atoms with Gasteiger partial charge in [-0.1, -0.05) is 97.8 Å². The first-order chi connectivity index (χ1) is 9.10. The third-order valence-corrected chi connectivity index (χ3v) is 5.11. The minimum Gasteiger partial charge on any atom is -0.0625 e. The number of hydrogen-bond acceptors (Lipinski definition) is 0. The van der Waals surface area contributed by atoms with Crippen LogP contribution in [0, 0.1) is 11.3 Å². The van der Waals surface area contributed by atoms with E-state index in [1.165, 1.54) is 89.9 Å². The largest absolute Gasteiger partial charge is 0.0625 e. The van der Waals surface area contributed by atoms with Crippen LogP contribution in [0.1, 0.15) is 111 Å². The maximum absolute atomic E-state index is 2.49. The summed E-state index contributed by atoms with van der Waals surface area (Å²) in [6, 6.07) is 0. The first kappa shape index (κ1) is 17.1. The van der Waals surface area contributed by atoms with E-state index in [9.17, 15) is 0 Å². The Balaban J connectivity index is 2.30. The van der Waals surface area contributed by atoms with Crippen molar-refractivity contribution in [2.75, 3.05) is 0 Å². The normalized spacial score (nSPS) is 28.9. The van der Waals surface area contributed by atoms with E-state index in [0.717, 1.165) is 5.92 Å². The molecule has 1 rings (SSSR count). The fourth-order valence-electron chi connectivity index (χ4n) is 3.42. The Kier molecular flexibility index (Phi) is 8.83. The molecule has 1 saturated carbocycles. The predicted octanol–water partition coefficient (Wildman–Crippen LogP) is 7.12. The molecule has 0 N–H and O–H groups in total. The Bertz CT molecular complexity index is 204. The van der Waals surface area contributed by atoms with Crippen molar-refractivity contribution in [2.24, 2.45) is 11.3 Å². The molecule has 0 bridgehead atoms. The van der Waals surface area contributed by atoms with Crippen molar-refractivity contribution < 1.29 is 0 Å². The average Bonchev–Trinajstić information content (AvgIpc) is 2.36. The van der Waals surface area contributed by atoms with E-state index in [0.29, 0.717) is 5.41 Å². The van der Waals surface area contributed by atoms with Crippen LogP contribution in [0.3, 0.4) is 0 Å². The molecule has 1 atom stereocenters. The predicted molar refractivity (Wildman–Crippen MR) is 87.6 cm³/mol. The highest BCUT2D eigenvalue weighted by Crippen LogP contribution is 2.32. The first-order valence-corrected chi connectivity index (χ1v) is 9.10. The molecule has 0 radical (unpaired) electrons. The van der Waals surface area contributed by atoms with Gasteiger partial charge in [-0.3, -0.25) is 0 Å². The lowest BCUT2D eigenvalue weighted by Crippen LogP contribution is -2.13. The lowest BCUT2D eigenvalue weighted by molar-refractivity contribution is 0.261. The SMILES string of the molecule is CC1CCCCCCCCCCCCC(C)(C)CC1. The van der Waals surface area contributed by atoms with Crippen LogP contribution in [0.4, 0.5) is 0 Å². The van der Waals surface area contributed by atoms with E-state index < -0.39 is 0 Å². The topological polar surface area (TPSA) is 0 Å². The zero-order valence-corrected chi connectivity index (χ0v) is 14.0. The Morgan fingerprint density at radius 3 is 1.63 bits per heavy atom. The van der Waals surface area contributed by atoms with Crippen molar-refractivity contribution in [3.8, 4) is 0 Å². The van der Waals surface area contributed by atoms with Gasteiger partial charge in [0, 0.05) is 0 Å². The molecular formula is C19H38. The Labute approximate surface area is 122 Å². The molecule has 0 aromatic carbocycles. The fraction of sp³-hybridized carbons (Fsp3) is 1.00. The summed E-state index contributed by atoms with van der Waals surface area (Å²) >= 11 is 0. The monoisotopic (exact) mass is 266 g/mol. The van der Waals surface area contributed by atoms with Gasteiger partial charge in [0.2, 0.25) is 0 Å². The molecule has 0 nitrogen and oxygen atoms in total. The minimum atomic E-state index is 0.589. The summed E-state index contributed by atoms with van der Waals surface area (Å²) in [4.78, 5) is 0. The lowest BCUT2D eigenvalue weighted by atomic mass is 9.80. The van der Waals surface area contributed by atoms with E-state index in [1.807, 2.05) is 0 Å². The highest BCUT2D eigenvalue weighted by Gasteiger charge is 2.18. The van der Waals surface area contributed by atoms with Gasteiger partial charge < -0.3 is 0 Å². The molecule has 0 spiro atoms. The van der Waals surface area contributed by atoms with Crippen molar-refractivity contribution in [3.63, 3.8) is 0 Å². The van der Waals surface area contributed by atoms with Gasteiger partial charge in [0.25, 0.3) is 0 Å². The zero-order chi connectivity index (χ0) is 14.0. The molecule has 1 fully saturated rings. The maximum atomic E-state index is 2.49. The molecule has 0 heteroatoms. The Morgan fingerprint density at radius 1 is 0.579 bits per heavy atom. The van der Waals surface area contributed by atoms with Crippen molar-refractivity contribution in [2.45, 2.75) is 111 Å². The Morgan fingerprint density at radius 2 is 1.05 bits per heavy atom. The minimum absolute atomic E-state index is 0.589. The van der Waals surface area contributed by atoms with E-state index in [-0.39, 0.29) is 0 Å². The van der Waals surface area contributed by atoms with Crippen LogP contribution in [0.5, 0.6) is 0 Å². The Hall–Kier alpha value is 0. The maximum Gasteiger partial charge on any atom is -0.0354 e. The van der Waals surface area contributed by atoms with Crippen LogP contribution < -0.4 is 0 Å². The van der Waals surface area contributed by atoms with Crippen LogP contribution >= 0.6 is 0 Å². The standard InChI is InChI=1S/C19H38/c1-18-14-12-10-8-6-4-5-7-9-11-13-16-19(2,3)17-15-18/h18H,4-17H2,1-3H3. The highest BCUT2D eigenvalue weighted by molar-refractivity contribution is 4.70. The molecule has 1 aliphatic rings. The van der Waals surface area contributed by atoms with Crippen LogP contribution in [0.2, 0.25) is 0 Å². The zero-order valence-electron chi connectivity index (χ0n) is 14.0. The molecule has 0 heterocycles. The van der Waals surface area contributed by atoms with Gasteiger partial charge in [-0.25, -0.2) is 0 Å². The second-order valence-corrected chi connectivity index (χ2v) is 7.88. The fourth-order valence-corrected chi connectivity index (χ4v) is 3.42. The van der Waals surface area contributed by atoms with Gasteiger partial charge in [-0.15, -0.1) is 0 Å². The molecule has 0 aliphatic heterocycles. The number of rotatable bonds is 0. The second kappa shape index (κ2) is 9.83.